The zero-order chi connectivity index (χ0) is 24.0. The van der Waals surface area contributed by atoms with E-state index in [1.165, 1.54) is 0 Å². The number of carbonyl (C=O) groups excluding carboxylic acids is 2. The third-order valence-corrected chi connectivity index (χ3v) is 6.13. The molecule has 0 spiro atoms. The van der Waals surface area contributed by atoms with Gasteiger partial charge < -0.3 is 10.6 Å². The number of carbonyl (C=O) groups is 2. The minimum absolute atomic E-state index is 0.0391. The smallest absolute Gasteiger partial charge is 0.255 e. The lowest BCUT2D eigenvalue weighted by molar-refractivity contribution is -0.119. The van der Waals surface area contributed by atoms with Gasteiger partial charge in [0.25, 0.3) is 5.91 Å². The third-order valence-electron chi connectivity index (χ3n) is 5.63. The number of fused-ring (bicyclic) bond motifs is 1. The monoisotopic (exact) mass is 507 g/mol. The van der Waals surface area contributed by atoms with Gasteiger partial charge in [0.2, 0.25) is 5.91 Å². The molecule has 0 saturated heterocycles. The minimum Gasteiger partial charge on any atom is -0.311 e. The van der Waals surface area contributed by atoms with Crippen LogP contribution in [0.3, 0.4) is 0 Å². The number of rotatable bonds is 7. The van der Waals surface area contributed by atoms with Crippen LogP contribution in [0.4, 0.5) is 11.4 Å². The number of hydrogen-bond acceptors (Lipinski definition) is 3. The lowest BCUT2D eigenvalue weighted by Crippen LogP contribution is -2.53. The Morgan fingerprint density at radius 1 is 1.21 bits per heavy atom. The summed E-state index contributed by atoms with van der Waals surface area (Å²) >= 11 is 3.57. The molecule has 0 saturated carbocycles. The summed E-state index contributed by atoms with van der Waals surface area (Å²) in [6, 6.07) is 15.1. The molecular weight excluding hydrogens is 478 g/mol. The quantitative estimate of drug-likeness (QED) is 0.367. The van der Waals surface area contributed by atoms with E-state index in [0.29, 0.717) is 18.4 Å². The van der Waals surface area contributed by atoms with Gasteiger partial charge >= 0.3 is 0 Å². The first-order chi connectivity index (χ1) is 15.9. The molecule has 6 heteroatoms. The summed E-state index contributed by atoms with van der Waals surface area (Å²) in [4.78, 5) is 30.1. The molecule has 0 fully saturated rings. The fourth-order valence-electron chi connectivity index (χ4n) is 4.12. The van der Waals surface area contributed by atoms with Crippen molar-refractivity contribution in [2.45, 2.75) is 45.3 Å². The number of nitrogens with zero attached hydrogens (tertiary/aromatic N) is 2. The molecule has 1 heterocycles. The number of nitrogens with two attached hydrogens (primary N) is 1. The molecule has 0 aromatic heterocycles. The van der Waals surface area contributed by atoms with Gasteiger partial charge in [0, 0.05) is 34.1 Å². The van der Waals surface area contributed by atoms with Crippen molar-refractivity contribution in [1.29, 1.82) is 0 Å². The first-order valence-electron chi connectivity index (χ1n) is 11.1. The minimum atomic E-state index is -0.580. The maximum Gasteiger partial charge on any atom is 0.255 e. The molecule has 0 radical (unpaired) electrons. The maximum absolute atomic E-state index is 13.4. The van der Waals surface area contributed by atoms with E-state index < -0.39 is 6.17 Å². The lowest BCUT2D eigenvalue weighted by Gasteiger charge is -2.43. The molecule has 3 rings (SSSR count). The van der Waals surface area contributed by atoms with Crippen LogP contribution in [-0.2, 0) is 9.59 Å². The Bertz CT molecular complexity index is 1080. The van der Waals surface area contributed by atoms with Crippen molar-refractivity contribution in [2.24, 2.45) is 5.73 Å². The van der Waals surface area contributed by atoms with Crippen LogP contribution in [0.15, 0.2) is 89.5 Å². The van der Waals surface area contributed by atoms with Crippen molar-refractivity contribution in [2.75, 3.05) is 9.80 Å². The first-order valence-corrected chi connectivity index (χ1v) is 11.9. The standard InChI is InChI=1S/C27H30BrN3O2/c1-4-6-8-12-19(3)27(33)31-23-16-15-20(28)17-22(23)24(18-25(31)29)30(26(32)11-5-2)21-13-9-7-10-14-21/h4,6-10,12-17,24-25H,1,5,11,18,29H2,2-3H3/b8-6-,19-12+. The van der Waals surface area contributed by atoms with Gasteiger partial charge in [-0.1, -0.05) is 71.9 Å². The highest BCUT2D eigenvalue weighted by Crippen LogP contribution is 2.43. The van der Waals surface area contributed by atoms with Gasteiger partial charge in [-0.05, 0) is 43.7 Å². The molecule has 2 unspecified atom stereocenters. The Morgan fingerprint density at radius 3 is 2.61 bits per heavy atom. The van der Waals surface area contributed by atoms with Crippen LogP contribution in [0.25, 0.3) is 0 Å². The summed E-state index contributed by atoms with van der Waals surface area (Å²) in [7, 11) is 0. The van der Waals surface area contributed by atoms with Crippen LogP contribution < -0.4 is 15.5 Å². The highest BCUT2D eigenvalue weighted by atomic mass is 79.9. The van der Waals surface area contributed by atoms with Gasteiger partial charge in [-0.25, -0.2) is 0 Å². The summed E-state index contributed by atoms with van der Waals surface area (Å²) in [6.07, 6.45) is 7.99. The predicted molar refractivity (Wildman–Crippen MR) is 139 cm³/mol. The molecular formula is C27H30BrN3O2. The van der Waals surface area contributed by atoms with Crippen molar-refractivity contribution in [3.05, 3.63) is 95.0 Å². The van der Waals surface area contributed by atoms with Crippen molar-refractivity contribution in [3.8, 4) is 0 Å². The van der Waals surface area contributed by atoms with E-state index in [0.717, 1.165) is 27.8 Å². The Hall–Kier alpha value is -2.96. The van der Waals surface area contributed by atoms with Crippen molar-refractivity contribution in [1.82, 2.24) is 0 Å². The third kappa shape index (κ3) is 5.52. The van der Waals surface area contributed by atoms with E-state index in [4.69, 9.17) is 5.73 Å². The Labute approximate surface area is 204 Å². The summed E-state index contributed by atoms with van der Waals surface area (Å²) in [6.45, 7) is 7.42. The molecule has 5 nitrogen and oxygen atoms in total. The van der Waals surface area contributed by atoms with E-state index in [1.807, 2.05) is 60.4 Å². The molecule has 2 N–H and O–H groups in total. The Kier molecular flexibility index (Phi) is 8.42. The maximum atomic E-state index is 13.4. The summed E-state index contributed by atoms with van der Waals surface area (Å²) in [5.74, 6) is -0.123. The molecule has 1 aliphatic rings. The molecule has 33 heavy (non-hydrogen) atoms. The average Bonchev–Trinajstić information content (AvgIpc) is 2.80. The number of amides is 2. The fourth-order valence-corrected chi connectivity index (χ4v) is 4.50. The second-order valence-electron chi connectivity index (χ2n) is 8.02. The zero-order valence-corrected chi connectivity index (χ0v) is 20.7. The van der Waals surface area contributed by atoms with Crippen LogP contribution >= 0.6 is 15.9 Å². The molecule has 2 atom stereocenters. The van der Waals surface area contributed by atoms with Crippen LogP contribution in [-0.4, -0.2) is 18.0 Å². The van der Waals surface area contributed by atoms with Gasteiger partial charge in [-0.15, -0.1) is 0 Å². The molecule has 0 aliphatic carbocycles. The van der Waals surface area contributed by atoms with Gasteiger partial charge in [0.1, 0.15) is 0 Å². The number of hydrogen-bond donors (Lipinski definition) is 1. The predicted octanol–water partition coefficient (Wildman–Crippen LogP) is 6.03. The van der Waals surface area contributed by atoms with E-state index in [9.17, 15) is 9.59 Å². The zero-order valence-electron chi connectivity index (χ0n) is 19.1. The van der Waals surface area contributed by atoms with Gasteiger partial charge in [0.05, 0.1) is 17.9 Å². The van der Waals surface area contributed by atoms with Crippen molar-refractivity contribution >= 4 is 39.1 Å². The number of anilines is 2. The van der Waals surface area contributed by atoms with Crippen molar-refractivity contribution in [3.63, 3.8) is 0 Å². The van der Waals surface area contributed by atoms with Crippen LogP contribution in [0.1, 0.15) is 44.7 Å². The second kappa shape index (κ2) is 11.3. The van der Waals surface area contributed by atoms with Crippen LogP contribution in [0.2, 0.25) is 0 Å². The Morgan fingerprint density at radius 2 is 1.94 bits per heavy atom. The van der Waals surface area contributed by atoms with Gasteiger partial charge in [-0.2, -0.15) is 0 Å². The molecule has 2 aromatic carbocycles. The van der Waals surface area contributed by atoms with E-state index in [-0.39, 0.29) is 17.9 Å². The van der Waals surface area contributed by atoms with E-state index in [2.05, 4.69) is 22.5 Å². The largest absolute Gasteiger partial charge is 0.311 e. The summed E-state index contributed by atoms with van der Waals surface area (Å²) < 4.78 is 0.881. The molecule has 1 aliphatic heterocycles. The van der Waals surface area contributed by atoms with Gasteiger partial charge in [0.15, 0.2) is 0 Å². The van der Waals surface area contributed by atoms with Gasteiger partial charge in [-0.3, -0.25) is 14.5 Å². The highest BCUT2D eigenvalue weighted by Gasteiger charge is 2.39. The molecule has 2 aromatic rings. The summed E-state index contributed by atoms with van der Waals surface area (Å²) in [5, 5.41) is 0. The second-order valence-corrected chi connectivity index (χ2v) is 8.93. The fraction of sp³-hybridized carbons (Fsp3) is 0.259. The highest BCUT2D eigenvalue weighted by molar-refractivity contribution is 9.10. The molecule has 0 bridgehead atoms. The SMILES string of the molecule is C=C/C=C\C=C(/C)C(=O)N1c2ccc(Br)cc2C(N(C(=O)CCC)c2ccccc2)CC1N. The average molecular weight is 508 g/mol. The van der Waals surface area contributed by atoms with Crippen molar-refractivity contribution < 1.29 is 9.59 Å². The van der Waals surface area contributed by atoms with E-state index in [1.54, 1.807) is 36.1 Å². The first kappa shape index (κ1) is 24.7. The van der Waals surface area contributed by atoms with E-state index >= 15 is 0 Å². The Balaban J connectivity index is 2.10. The summed E-state index contributed by atoms with van der Waals surface area (Å²) in [5.41, 5.74) is 9.60. The number of halogens is 1. The number of allylic oxidation sites excluding steroid dienone is 4. The van der Waals surface area contributed by atoms with Crippen LogP contribution in [0.5, 0.6) is 0 Å². The van der Waals surface area contributed by atoms with Crippen LogP contribution in [0, 0.1) is 0 Å². The topological polar surface area (TPSA) is 66.6 Å². The lowest BCUT2D eigenvalue weighted by atomic mass is 9.91. The number of para-hydroxylation sites is 1. The molecule has 172 valence electrons. The normalized spacial score (nSPS) is 18.2. The molecule has 2 amide bonds. The number of benzene rings is 2.